The normalized spacial score (nSPS) is 23.2. The molecule has 0 unspecified atom stereocenters. The van der Waals surface area contributed by atoms with E-state index < -0.39 is 10.0 Å². The molecule has 3 aliphatic rings. The number of carbonyl (C=O) groups excluding carboxylic acids is 1. The summed E-state index contributed by atoms with van der Waals surface area (Å²) < 4.78 is 30.4. The standard InChI is InChI=1S/C36H42BrN5O3S/c1-25-39-32-10-6-7-11-33(32)42(25)30-23-28-13-14-29(24-30)41(28)21-18-36(27-8-4-3-5-9-27)16-19-40(20-17-36)35(43)26-12-15-31(37)34(22-26)46(44,45)38-2/h3-12,15,22,28-30,38H,13-14,16-21,23-24H2,1-2H3/t28-,29+,30+. The summed E-state index contributed by atoms with van der Waals surface area (Å²) in [4.78, 5) is 23.3. The van der Waals surface area contributed by atoms with Gasteiger partial charge in [-0.15, -0.1) is 0 Å². The van der Waals surface area contributed by atoms with Crippen LogP contribution in [0.3, 0.4) is 0 Å². The zero-order valence-corrected chi connectivity index (χ0v) is 28.9. The summed E-state index contributed by atoms with van der Waals surface area (Å²) in [7, 11) is -2.32. The number of halogens is 1. The van der Waals surface area contributed by atoms with Gasteiger partial charge in [0.05, 0.1) is 15.9 Å². The molecule has 242 valence electrons. The summed E-state index contributed by atoms with van der Waals surface area (Å²) in [5.74, 6) is 0.996. The van der Waals surface area contributed by atoms with Crippen molar-refractivity contribution in [3.05, 3.63) is 94.2 Å². The van der Waals surface area contributed by atoms with E-state index in [1.165, 1.54) is 37.0 Å². The number of rotatable bonds is 8. The highest BCUT2D eigenvalue weighted by Crippen LogP contribution is 2.45. The molecule has 10 heteroatoms. The summed E-state index contributed by atoms with van der Waals surface area (Å²) in [6, 6.07) is 25.9. The lowest BCUT2D eigenvalue weighted by Crippen LogP contribution is -2.49. The van der Waals surface area contributed by atoms with Crippen LogP contribution in [0.25, 0.3) is 11.0 Å². The number of piperidine rings is 2. The highest BCUT2D eigenvalue weighted by molar-refractivity contribution is 9.10. The maximum absolute atomic E-state index is 13.6. The minimum Gasteiger partial charge on any atom is -0.339 e. The largest absolute Gasteiger partial charge is 0.339 e. The maximum Gasteiger partial charge on any atom is 0.253 e. The predicted octanol–water partition coefficient (Wildman–Crippen LogP) is 6.45. The fourth-order valence-corrected chi connectivity index (χ4v) is 10.3. The van der Waals surface area contributed by atoms with Crippen molar-refractivity contribution in [2.75, 3.05) is 26.7 Å². The molecular weight excluding hydrogens is 662 g/mol. The Morgan fingerprint density at radius 1 is 0.957 bits per heavy atom. The number of fused-ring (bicyclic) bond motifs is 3. The Labute approximate surface area is 280 Å². The molecule has 46 heavy (non-hydrogen) atoms. The maximum atomic E-state index is 13.6. The van der Waals surface area contributed by atoms with E-state index >= 15 is 0 Å². The van der Waals surface area contributed by atoms with Crippen LogP contribution in [-0.4, -0.2) is 72.4 Å². The Morgan fingerprint density at radius 3 is 2.33 bits per heavy atom. The van der Waals surface area contributed by atoms with Crippen LogP contribution in [0.5, 0.6) is 0 Å². The molecule has 0 saturated carbocycles. The van der Waals surface area contributed by atoms with E-state index in [-0.39, 0.29) is 16.2 Å². The topological polar surface area (TPSA) is 87.5 Å². The van der Waals surface area contributed by atoms with Crippen LogP contribution in [0, 0.1) is 6.92 Å². The monoisotopic (exact) mass is 703 g/mol. The highest BCUT2D eigenvalue weighted by atomic mass is 79.9. The lowest BCUT2D eigenvalue weighted by Gasteiger charge is -2.45. The molecule has 3 atom stereocenters. The van der Waals surface area contributed by atoms with Crippen LogP contribution in [0.1, 0.15) is 72.7 Å². The van der Waals surface area contributed by atoms with Gasteiger partial charge in [0.15, 0.2) is 0 Å². The van der Waals surface area contributed by atoms with E-state index in [1.807, 2.05) is 4.90 Å². The average molecular weight is 705 g/mol. The third kappa shape index (κ3) is 5.71. The summed E-state index contributed by atoms with van der Waals surface area (Å²) in [5.41, 5.74) is 4.09. The zero-order chi connectivity index (χ0) is 32.1. The van der Waals surface area contributed by atoms with Gasteiger partial charge < -0.3 is 9.47 Å². The third-order valence-corrected chi connectivity index (χ3v) is 13.4. The number of likely N-dealkylation sites (tertiary alicyclic amines) is 1. The number of benzene rings is 3. The van der Waals surface area contributed by atoms with E-state index in [2.05, 4.69) is 91.6 Å². The first-order valence-corrected chi connectivity index (χ1v) is 18.7. The number of hydrogen-bond acceptors (Lipinski definition) is 5. The molecule has 1 aromatic heterocycles. The van der Waals surface area contributed by atoms with Gasteiger partial charge in [0.25, 0.3) is 5.91 Å². The summed E-state index contributed by atoms with van der Waals surface area (Å²) in [6.45, 7) is 4.49. The number of aryl methyl sites for hydroxylation is 1. The minimum atomic E-state index is -3.70. The summed E-state index contributed by atoms with van der Waals surface area (Å²) >= 11 is 3.33. The SMILES string of the molecule is CNS(=O)(=O)c1cc(C(=O)N2CCC(CCN3[C@@H]4CC[C@H]3C[C@@H](n3c(C)nc5ccccc53)C4)(c3ccccc3)CC2)ccc1Br. The number of nitrogens with one attached hydrogen (secondary N) is 1. The quantitative estimate of drug-likeness (QED) is 0.228. The highest BCUT2D eigenvalue weighted by Gasteiger charge is 2.44. The lowest BCUT2D eigenvalue weighted by atomic mass is 9.70. The molecule has 4 heterocycles. The molecule has 0 aliphatic carbocycles. The molecule has 7 rings (SSSR count). The molecule has 2 bridgehead atoms. The van der Waals surface area contributed by atoms with Crippen molar-refractivity contribution in [1.29, 1.82) is 0 Å². The van der Waals surface area contributed by atoms with Gasteiger partial charge in [-0.1, -0.05) is 42.5 Å². The van der Waals surface area contributed by atoms with Gasteiger partial charge in [-0.3, -0.25) is 9.69 Å². The molecule has 3 saturated heterocycles. The molecule has 8 nitrogen and oxygen atoms in total. The van der Waals surface area contributed by atoms with Crippen LogP contribution in [0.15, 0.2) is 82.2 Å². The van der Waals surface area contributed by atoms with Crippen molar-refractivity contribution < 1.29 is 13.2 Å². The minimum absolute atomic E-state index is 0.00812. The van der Waals surface area contributed by atoms with E-state index in [9.17, 15) is 13.2 Å². The fourth-order valence-electron chi connectivity index (χ4n) is 8.54. The number of hydrogen-bond donors (Lipinski definition) is 1. The second-order valence-corrected chi connectivity index (χ2v) is 16.0. The number of carbonyl (C=O) groups is 1. The first-order valence-electron chi connectivity index (χ1n) is 16.5. The van der Waals surface area contributed by atoms with E-state index in [0.717, 1.165) is 50.0 Å². The Bertz CT molecular complexity index is 1840. The fraction of sp³-hybridized carbons (Fsp3) is 0.444. The van der Waals surface area contributed by atoms with Crippen LogP contribution in [0.2, 0.25) is 0 Å². The van der Waals surface area contributed by atoms with E-state index in [4.69, 9.17) is 4.98 Å². The van der Waals surface area contributed by atoms with Crippen molar-refractivity contribution in [3.63, 3.8) is 0 Å². The van der Waals surface area contributed by atoms with Crippen LogP contribution in [0.4, 0.5) is 0 Å². The zero-order valence-electron chi connectivity index (χ0n) is 26.5. The Morgan fingerprint density at radius 2 is 1.63 bits per heavy atom. The summed E-state index contributed by atoms with van der Waals surface area (Å²) in [6.07, 6.45) is 7.66. The third-order valence-electron chi connectivity index (χ3n) is 11.0. The number of sulfonamides is 1. The molecule has 1 amide bonds. The predicted molar refractivity (Wildman–Crippen MR) is 185 cm³/mol. The number of amides is 1. The van der Waals surface area contributed by atoms with Gasteiger partial charge in [-0.05, 0) is 123 Å². The van der Waals surface area contributed by atoms with Crippen molar-refractivity contribution >= 4 is 42.9 Å². The van der Waals surface area contributed by atoms with Gasteiger partial charge in [-0.2, -0.15) is 0 Å². The second kappa shape index (κ2) is 12.5. The number of aromatic nitrogens is 2. The molecule has 0 spiro atoms. The first kappa shape index (κ1) is 31.5. The first-order chi connectivity index (χ1) is 22.2. The van der Waals surface area contributed by atoms with Gasteiger partial charge >= 0.3 is 0 Å². The van der Waals surface area contributed by atoms with Crippen molar-refractivity contribution in [1.82, 2.24) is 24.1 Å². The van der Waals surface area contributed by atoms with Crippen molar-refractivity contribution in [2.24, 2.45) is 0 Å². The Balaban J connectivity index is 1.06. The molecule has 1 N–H and O–H groups in total. The van der Waals surface area contributed by atoms with Crippen molar-refractivity contribution in [3.8, 4) is 0 Å². The molecule has 4 aromatic rings. The average Bonchev–Trinajstić information content (AvgIpc) is 3.54. The molecule has 0 radical (unpaired) electrons. The summed E-state index contributed by atoms with van der Waals surface area (Å²) in [5, 5.41) is 0. The number of nitrogens with zero attached hydrogens (tertiary/aromatic N) is 4. The van der Waals surface area contributed by atoms with Crippen LogP contribution in [-0.2, 0) is 15.4 Å². The molecule has 3 aliphatic heterocycles. The Kier molecular flexibility index (Phi) is 8.59. The van der Waals surface area contributed by atoms with Gasteiger partial charge in [0.2, 0.25) is 10.0 Å². The van der Waals surface area contributed by atoms with Gasteiger partial charge in [-0.25, -0.2) is 18.1 Å². The van der Waals surface area contributed by atoms with Gasteiger partial charge in [0.1, 0.15) is 5.82 Å². The van der Waals surface area contributed by atoms with Crippen LogP contribution >= 0.6 is 15.9 Å². The molecule has 3 aromatic carbocycles. The number of para-hydroxylation sites is 2. The molecule has 3 fully saturated rings. The van der Waals surface area contributed by atoms with Crippen molar-refractivity contribution in [2.45, 2.75) is 80.3 Å². The second-order valence-electron chi connectivity index (χ2n) is 13.3. The number of imidazole rings is 1. The van der Waals surface area contributed by atoms with E-state index in [1.54, 1.807) is 12.1 Å². The molecular formula is C36H42BrN5O3S. The van der Waals surface area contributed by atoms with Gasteiger partial charge in [0, 0.05) is 41.3 Å². The Hall–Kier alpha value is -3.05. The lowest BCUT2D eigenvalue weighted by molar-refractivity contribution is 0.0606. The van der Waals surface area contributed by atoms with Crippen LogP contribution < -0.4 is 4.72 Å². The smallest absolute Gasteiger partial charge is 0.253 e. The van der Waals surface area contributed by atoms with E-state index in [0.29, 0.717) is 41.3 Å².